The van der Waals surface area contributed by atoms with Crippen LogP contribution in [0.4, 0.5) is 0 Å². The number of esters is 1. The molecule has 15 heavy (non-hydrogen) atoms. The van der Waals surface area contributed by atoms with Crippen molar-refractivity contribution >= 4 is 12.0 Å². The SMILES string of the molecule is COc1ccc2c(c1)C(C)OC(=O)C=C2. The van der Waals surface area contributed by atoms with Gasteiger partial charge in [0.25, 0.3) is 0 Å². The van der Waals surface area contributed by atoms with Gasteiger partial charge >= 0.3 is 5.97 Å². The lowest BCUT2D eigenvalue weighted by Gasteiger charge is -2.13. The molecule has 0 spiro atoms. The van der Waals surface area contributed by atoms with Crippen LogP contribution in [0.2, 0.25) is 0 Å². The lowest BCUT2D eigenvalue weighted by atomic mass is 10.0. The van der Waals surface area contributed by atoms with Crippen molar-refractivity contribution in [3.05, 3.63) is 35.4 Å². The smallest absolute Gasteiger partial charge is 0.331 e. The van der Waals surface area contributed by atoms with Crippen LogP contribution >= 0.6 is 0 Å². The van der Waals surface area contributed by atoms with E-state index in [4.69, 9.17) is 9.47 Å². The van der Waals surface area contributed by atoms with Crippen LogP contribution < -0.4 is 4.74 Å². The van der Waals surface area contributed by atoms with Gasteiger partial charge in [0, 0.05) is 11.6 Å². The molecule has 0 aliphatic carbocycles. The molecule has 1 atom stereocenters. The first-order valence-corrected chi connectivity index (χ1v) is 4.77. The van der Waals surface area contributed by atoms with Gasteiger partial charge in [-0.05, 0) is 30.7 Å². The molecule has 1 heterocycles. The van der Waals surface area contributed by atoms with E-state index < -0.39 is 0 Å². The molecule has 0 aromatic heterocycles. The predicted octanol–water partition coefficient (Wildman–Crippen LogP) is 2.33. The Morgan fingerprint density at radius 3 is 2.87 bits per heavy atom. The van der Waals surface area contributed by atoms with E-state index in [9.17, 15) is 4.79 Å². The summed E-state index contributed by atoms with van der Waals surface area (Å²) in [5, 5.41) is 0. The second-order valence-electron chi connectivity index (χ2n) is 3.41. The Morgan fingerprint density at radius 1 is 1.33 bits per heavy atom. The topological polar surface area (TPSA) is 35.5 Å². The summed E-state index contributed by atoms with van der Waals surface area (Å²) >= 11 is 0. The highest BCUT2D eigenvalue weighted by Crippen LogP contribution is 2.28. The van der Waals surface area contributed by atoms with Crippen LogP contribution in [0.15, 0.2) is 24.3 Å². The molecule has 0 amide bonds. The molecule has 2 rings (SSSR count). The number of hydrogen-bond donors (Lipinski definition) is 0. The molecule has 0 radical (unpaired) electrons. The average molecular weight is 204 g/mol. The van der Waals surface area contributed by atoms with Crippen molar-refractivity contribution in [2.24, 2.45) is 0 Å². The fourth-order valence-electron chi connectivity index (χ4n) is 1.62. The summed E-state index contributed by atoms with van der Waals surface area (Å²) in [5.74, 6) is 0.463. The molecule has 78 valence electrons. The zero-order valence-corrected chi connectivity index (χ0v) is 8.69. The van der Waals surface area contributed by atoms with Gasteiger partial charge in [0.15, 0.2) is 0 Å². The van der Waals surface area contributed by atoms with E-state index in [2.05, 4.69) is 0 Å². The Hall–Kier alpha value is -1.77. The van der Waals surface area contributed by atoms with E-state index in [1.165, 1.54) is 6.08 Å². The molecule has 1 aliphatic heterocycles. The monoisotopic (exact) mass is 204 g/mol. The van der Waals surface area contributed by atoms with E-state index >= 15 is 0 Å². The molecule has 1 aromatic rings. The van der Waals surface area contributed by atoms with Gasteiger partial charge in [-0.3, -0.25) is 0 Å². The first-order valence-electron chi connectivity index (χ1n) is 4.77. The molecular formula is C12H12O3. The zero-order chi connectivity index (χ0) is 10.8. The van der Waals surface area contributed by atoms with Gasteiger partial charge in [-0.25, -0.2) is 4.79 Å². The Labute approximate surface area is 88.3 Å². The van der Waals surface area contributed by atoms with Gasteiger partial charge in [-0.2, -0.15) is 0 Å². The quantitative estimate of drug-likeness (QED) is 0.658. The van der Waals surface area contributed by atoms with Crippen molar-refractivity contribution < 1.29 is 14.3 Å². The van der Waals surface area contributed by atoms with Crippen LogP contribution in [-0.2, 0) is 9.53 Å². The van der Waals surface area contributed by atoms with Gasteiger partial charge in [0.05, 0.1) is 7.11 Å². The largest absolute Gasteiger partial charge is 0.497 e. The molecule has 0 saturated heterocycles. The normalized spacial score (nSPS) is 19.1. The van der Waals surface area contributed by atoms with Gasteiger partial charge in [-0.1, -0.05) is 6.07 Å². The molecule has 0 fully saturated rings. The number of fused-ring (bicyclic) bond motifs is 1. The number of methoxy groups -OCH3 is 1. The second kappa shape index (κ2) is 3.77. The Bertz CT molecular complexity index is 421. The van der Waals surface area contributed by atoms with Crippen LogP contribution in [0, 0.1) is 0 Å². The number of carbonyl (C=O) groups is 1. The molecule has 3 nitrogen and oxygen atoms in total. The van der Waals surface area contributed by atoms with E-state index in [0.29, 0.717) is 0 Å². The van der Waals surface area contributed by atoms with Crippen LogP contribution in [0.25, 0.3) is 6.08 Å². The third-order valence-corrected chi connectivity index (χ3v) is 2.42. The number of ether oxygens (including phenoxy) is 2. The van der Waals surface area contributed by atoms with Crippen LogP contribution in [0.1, 0.15) is 24.2 Å². The fourth-order valence-corrected chi connectivity index (χ4v) is 1.62. The summed E-state index contributed by atoms with van der Waals surface area (Å²) in [5.41, 5.74) is 1.96. The second-order valence-corrected chi connectivity index (χ2v) is 3.41. The highest BCUT2D eigenvalue weighted by atomic mass is 16.5. The minimum absolute atomic E-state index is 0.238. The van der Waals surface area contributed by atoms with Gasteiger partial charge in [-0.15, -0.1) is 0 Å². The third-order valence-electron chi connectivity index (χ3n) is 2.42. The number of carbonyl (C=O) groups excluding carboxylic acids is 1. The molecule has 3 heteroatoms. The molecule has 1 aromatic carbocycles. The van der Waals surface area contributed by atoms with Crippen molar-refractivity contribution in [1.29, 1.82) is 0 Å². The lowest BCUT2D eigenvalue weighted by molar-refractivity contribution is -0.142. The van der Waals surface area contributed by atoms with Crippen molar-refractivity contribution in [3.8, 4) is 5.75 Å². The van der Waals surface area contributed by atoms with E-state index in [1.54, 1.807) is 13.2 Å². The van der Waals surface area contributed by atoms with Crippen molar-refractivity contribution in [2.75, 3.05) is 7.11 Å². The molecule has 0 N–H and O–H groups in total. The molecular weight excluding hydrogens is 192 g/mol. The van der Waals surface area contributed by atoms with Crippen molar-refractivity contribution in [3.63, 3.8) is 0 Å². The van der Waals surface area contributed by atoms with E-state index in [1.807, 2.05) is 25.1 Å². The maximum absolute atomic E-state index is 11.2. The predicted molar refractivity (Wildman–Crippen MR) is 56.5 cm³/mol. The van der Waals surface area contributed by atoms with E-state index in [-0.39, 0.29) is 12.1 Å². The Morgan fingerprint density at radius 2 is 2.13 bits per heavy atom. The zero-order valence-electron chi connectivity index (χ0n) is 8.69. The highest BCUT2D eigenvalue weighted by Gasteiger charge is 2.17. The van der Waals surface area contributed by atoms with Gasteiger partial charge in [0.1, 0.15) is 11.9 Å². The fraction of sp³-hybridized carbons (Fsp3) is 0.250. The van der Waals surface area contributed by atoms with E-state index in [0.717, 1.165) is 16.9 Å². The highest BCUT2D eigenvalue weighted by molar-refractivity contribution is 5.88. The maximum Gasteiger partial charge on any atom is 0.331 e. The summed E-state index contributed by atoms with van der Waals surface area (Å²) in [4.78, 5) is 11.2. The summed E-state index contributed by atoms with van der Waals surface area (Å²) in [6, 6.07) is 5.68. The number of cyclic esters (lactones) is 1. The number of benzene rings is 1. The lowest BCUT2D eigenvalue weighted by Crippen LogP contribution is -2.04. The van der Waals surface area contributed by atoms with Gasteiger partial charge in [0.2, 0.25) is 0 Å². The first-order chi connectivity index (χ1) is 7.20. The Kier molecular flexibility index (Phi) is 2.46. The van der Waals surface area contributed by atoms with Crippen LogP contribution in [0.5, 0.6) is 5.75 Å². The summed E-state index contributed by atoms with van der Waals surface area (Å²) in [7, 11) is 1.62. The molecule has 1 unspecified atom stereocenters. The summed E-state index contributed by atoms with van der Waals surface area (Å²) in [6.45, 7) is 1.85. The maximum atomic E-state index is 11.2. The summed E-state index contributed by atoms with van der Waals surface area (Å²) in [6.07, 6.45) is 2.97. The minimum Gasteiger partial charge on any atom is -0.497 e. The average Bonchev–Trinajstić information content (AvgIpc) is 2.38. The molecule has 0 bridgehead atoms. The van der Waals surface area contributed by atoms with Crippen LogP contribution in [0.3, 0.4) is 0 Å². The van der Waals surface area contributed by atoms with Crippen molar-refractivity contribution in [1.82, 2.24) is 0 Å². The minimum atomic E-state index is -0.308. The number of hydrogen-bond acceptors (Lipinski definition) is 3. The van der Waals surface area contributed by atoms with Crippen molar-refractivity contribution in [2.45, 2.75) is 13.0 Å². The standard InChI is InChI=1S/C12H12O3/c1-8-11-7-10(14-2)5-3-9(11)4-6-12(13)15-8/h3-8H,1-2H3. The summed E-state index contributed by atoms with van der Waals surface area (Å²) < 4.78 is 10.3. The third kappa shape index (κ3) is 1.86. The Balaban J connectivity index is 2.48. The number of rotatable bonds is 1. The first kappa shape index (κ1) is 9.77. The van der Waals surface area contributed by atoms with Crippen LogP contribution in [-0.4, -0.2) is 13.1 Å². The van der Waals surface area contributed by atoms with Gasteiger partial charge < -0.3 is 9.47 Å². The molecule has 0 saturated carbocycles. The molecule has 1 aliphatic rings.